The van der Waals surface area contributed by atoms with Crippen molar-refractivity contribution in [3.63, 3.8) is 0 Å². The molecular weight excluding hydrogens is 281 g/mol. The van der Waals surface area contributed by atoms with E-state index < -0.39 is 0 Å². The van der Waals surface area contributed by atoms with E-state index in [9.17, 15) is 0 Å². The Balaban J connectivity index is 1.80. The lowest BCUT2D eigenvalue weighted by atomic mass is 10.1. The van der Waals surface area contributed by atoms with Crippen molar-refractivity contribution in [3.05, 3.63) is 58.7 Å². The van der Waals surface area contributed by atoms with Gasteiger partial charge in [0.15, 0.2) is 0 Å². The van der Waals surface area contributed by atoms with Gasteiger partial charge in [0.05, 0.1) is 23.2 Å². The van der Waals surface area contributed by atoms with E-state index in [0.717, 1.165) is 12.8 Å². The van der Waals surface area contributed by atoms with Crippen molar-refractivity contribution in [1.82, 2.24) is 4.98 Å². The van der Waals surface area contributed by atoms with E-state index >= 15 is 0 Å². The molecule has 0 atom stereocenters. The molecular formula is C15H15Cl2NO. The molecule has 0 saturated carbocycles. The first kappa shape index (κ1) is 14.2. The Morgan fingerprint density at radius 1 is 1.05 bits per heavy atom. The van der Waals surface area contributed by atoms with E-state index in [1.807, 2.05) is 18.2 Å². The maximum Gasteiger partial charge on any atom is 0.213 e. The number of aryl methyl sites for hydroxylation is 1. The van der Waals surface area contributed by atoms with Crippen LogP contribution in [0.3, 0.4) is 0 Å². The normalized spacial score (nSPS) is 10.4. The number of alkyl halides is 1. The first-order chi connectivity index (χ1) is 9.29. The molecule has 0 aliphatic heterocycles. The average molecular weight is 296 g/mol. The van der Waals surface area contributed by atoms with Crippen molar-refractivity contribution in [1.29, 1.82) is 0 Å². The highest BCUT2D eigenvalue weighted by Crippen LogP contribution is 2.19. The summed E-state index contributed by atoms with van der Waals surface area (Å²) in [6.07, 6.45) is 1.95. The summed E-state index contributed by atoms with van der Waals surface area (Å²) in [6.45, 7) is 0.630. The van der Waals surface area contributed by atoms with Crippen LogP contribution in [0.5, 0.6) is 5.88 Å². The van der Waals surface area contributed by atoms with Crippen molar-refractivity contribution >= 4 is 23.2 Å². The molecule has 0 saturated heterocycles. The Morgan fingerprint density at radius 3 is 2.58 bits per heavy atom. The van der Waals surface area contributed by atoms with Crippen LogP contribution in [0, 0.1) is 0 Å². The molecule has 2 rings (SSSR count). The zero-order chi connectivity index (χ0) is 13.5. The van der Waals surface area contributed by atoms with E-state index in [0.29, 0.717) is 29.1 Å². The topological polar surface area (TPSA) is 22.1 Å². The highest BCUT2D eigenvalue weighted by Gasteiger charge is 2.03. The van der Waals surface area contributed by atoms with Gasteiger partial charge in [-0.15, -0.1) is 11.6 Å². The lowest BCUT2D eigenvalue weighted by Gasteiger charge is -2.07. The number of hydrogen-bond acceptors (Lipinski definition) is 2. The summed E-state index contributed by atoms with van der Waals surface area (Å²) in [5, 5.41) is 0.576. The molecule has 4 heteroatoms. The summed E-state index contributed by atoms with van der Waals surface area (Å²) < 4.78 is 5.60. The van der Waals surface area contributed by atoms with Gasteiger partial charge in [-0.3, -0.25) is 0 Å². The second-order valence-electron chi connectivity index (χ2n) is 4.15. The van der Waals surface area contributed by atoms with Gasteiger partial charge in [-0.05, 0) is 24.5 Å². The summed E-state index contributed by atoms with van der Waals surface area (Å²) in [5.41, 5.74) is 1.97. The summed E-state index contributed by atoms with van der Waals surface area (Å²) in [6, 6.07) is 13.9. The smallest absolute Gasteiger partial charge is 0.213 e. The Hall–Kier alpha value is -1.25. The van der Waals surface area contributed by atoms with Crippen molar-refractivity contribution in [2.75, 3.05) is 6.61 Å². The highest BCUT2D eigenvalue weighted by atomic mass is 35.5. The molecule has 19 heavy (non-hydrogen) atoms. The molecule has 0 bridgehead atoms. The maximum absolute atomic E-state index is 5.94. The lowest BCUT2D eigenvalue weighted by Crippen LogP contribution is -2.02. The van der Waals surface area contributed by atoms with E-state index in [1.54, 1.807) is 12.1 Å². The van der Waals surface area contributed by atoms with Crippen LogP contribution in [0.15, 0.2) is 42.5 Å². The summed E-state index contributed by atoms with van der Waals surface area (Å²) in [4.78, 5) is 4.25. The Bertz CT molecular complexity index is 517. The third-order valence-corrected chi connectivity index (χ3v) is 3.32. The summed E-state index contributed by atoms with van der Waals surface area (Å²) in [7, 11) is 0. The van der Waals surface area contributed by atoms with Crippen LogP contribution in [0.1, 0.15) is 17.7 Å². The van der Waals surface area contributed by atoms with Crippen molar-refractivity contribution in [2.45, 2.75) is 18.7 Å². The minimum absolute atomic E-state index is 0.292. The third kappa shape index (κ3) is 4.41. The molecule has 2 aromatic rings. The third-order valence-electron chi connectivity index (χ3n) is 2.72. The molecule has 1 aromatic heterocycles. The number of benzene rings is 1. The van der Waals surface area contributed by atoms with Crippen LogP contribution in [-0.4, -0.2) is 11.6 Å². The van der Waals surface area contributed by atoms with Crippen LogP contribution in [0.4, 0.5) is 0 Å². The Kier molecular flexibility index (Phi) is 5.49. The first-order valence-electron chi connectivity index (χ1n) is 6.17. The van der Waals surface area contributed by atoms with E-state index in [2.05, 4.69) is 17.1 Å². The number of nitrogens with zero attached hydrogens (tertiary/aromatic N) is 1. The average Bonchev–Trinajstić information content (AvgIpc) is 2.46. The number of hydrogen-bond donors (Lipinski definition) is 0. The van der Waals surface area contributed by atoms with Crippen molar-refractivity contribution in [2.24, 2.45) is 0 Å². The molecule has 1 heterocycles. The number of aromatic nitrogens is 1. The fourth-order valence-corrected chi connectivity index (χ4v) is 2.18. The summed E-state index contributed by atoms with van der Waals surface area (Å²) >= 11 is 11.7. The zero-order valence-corrected chi connectivity index (χ0v) is 12.0. The van der Waals surface area contributed by atoms with Crippen LogP contribution in [-0.2, 0) is 12.3 Å². The van der Waals surface area contributed by atoms with Gasteiger partial charge in [0.25, 0.3) is 0 Å². The van der Waals surface area contributed by atoms with Gasteiger partial charge in [0.1, 0.15) is 0 Å². The molecule has 0 radical (unpaired) electrons. The SMILES string of the molecule is ClCc1nc(OCCCc2ccccc2)ccc1Cl. The van der Waals surface area contributed by atoms with Crippen LogP contribution < -0.4 is 4.74 Å². The minimum atomic E-state index is 0.292. The molecule has 0 aliphatic carbocycles. The quantitative estimate of drug-likeness (QED) is 0.579. The van der Waals surface area contributed by atoms with Gasteiger partial charge in [0, 0.05) is 6.07 Å². The van der Waals surface area contributed by atoms with E-state index in [1.165, 1.54) is 5.56 Å². The molecule has 0 unspecified atom stereocenters. The van der Waals surface area contributed by atoms with Gasteiger partial charge in [-0.2, -0.15) is 0 Å². The Morgan fingerprint density at radius 2 is 1.84 bits per heavy atom. The monoisotopic (exact) mass is 295 g/mol. The molecule has 2 nitrogen and oxygen atoms in total. The number of ether oxygens (including phenoxy) is 1. The number of halogens is 2. The van der Waals surface area contributed by atoms with Crippen molar-refractivity contribution in [3.8, 4) is 5.88 Å². The number of pyridine rings is 1. The lowest BCUT2D eigenvalue weighted by molar-refractivity contribution is 0.298. The maximum atomic E-state index is 5.94. The largest absolute Gasteiger partial charge is 0.478 e. The second-order valence-corrected chi connectivity index (χ2v) is 4.82. The predicted octanol–water partition coefficient (Wildman–Crippen LogP) is 4.49. The van der Waals surface area contributed by atoms with Gasteiger partial charge in [-0.25, -0.2) is 4.98 Å². The zero-order valence-electron chi connectivity index (χ0n) is 10.5. The van der Waals surface area contributed by atoms with Crippen molar-refractivity contribution < 1.29 is 4.74 Å². The molecule has 1 aromatic carbocycles. The molecule has 0 fully saturated rings. The molecule has 0 spiro atoms. The molecule has 0 N–H and O–H groups in total. The van der Waals surface area contributed by atoms with Gasteiger partial charge in [-0.1, -0.05) is 41.9 Å². The predicted molar refractivity (Wildman–Crippen MR) is 79.1 cm³/mol. The van der Waals surface area contributed by atoms with Crippen LogP contribution in [0.2, 0.25) is 5.02 Å². The molecule has 0 amide bonds. The van der Waals surface area contributed by atoms with E-state index in [-0.39, 0.29) is 0 Å². The number of rotatable bonds is 6. The molecule has 100 valence electrons. The highest BCUT2D eigenvalue weighted by molar-refractivity contribution is 6.32. The van der Waals surface area contributed by atoms with Gasteiger partial charge >= 0.3 is 0 Å². The Labute approximate surface area is 123 Å². The molecule has 0 aliphatic rings. The van der Waals surface area contributed by atoms with Crippen LogP contribution >= 0.6 is 23.2 Å². The second kappa shape index (κ2) is 7.37. The van der Waals surface area contributed by atoms with Gasteiger partial charge < -0.3 is 4.74 Å². The summed E-state index contributed by atoms with van der Waals surface area (Å²) in [5.74, 6) is 0.869. The van der Waals surface area contributed by atoms with E-state index in [4.69, 9.17) is 27.9 Å². The van der Waals surface area contributed by atoms with Crippen LogP contribution in [0.25, 0.3) is 0 Å². The van der Waals surface area contributed by atoms with Gasteiger partial charge in [0.2, 0.25) is 5.88 Å². The first-order valence-corrected chi connectivity index (χ1v) is 7.09. The fraction of sp³-hybridized carbons (Fsp3) is 0.267. The minimum Gasteiger partial charge on any atom is -0.478 e. The standard InChI is InChI=1S/C15H15Cl2NO/c16-11-14-13(17)8-9-15(18-14)19-10-4-7-12-5-2-1-3-6-12/h1-3,5-6,8-9H,4,7,10-11H2. The fourth-order valence-electron chi connectivity index (χ4n) is 1.74.